The predicted molar refractivity (Wildman–Crippen MR) is 49.1 cm³/mol. The standard InChI is InChI=1S/C9H11NO4/c10-4-7(12)8-5(9(13)14)2-1-3-6(8)11/h1-3,7,11-12H,4,10H2,(H,13,14). The Hall–Kier alpha value is -1.59. The van der Waals surface area contributed by atoms with Gasteiger partial charge >= 0.3 is 5.97 Å². The van der Waals surface area contributed by atoms with Crippen LogP contribution in [-0.2, 0) is 0 Å². The summed E-state index contributed by atoms with van der Waals surface area (Å²) in [6, 6.07) is 4.00. The van der Waals surface area contributed by atoms with Crippen LogP contribution in [-0.4, -0.2) is 27.8 Å². The van der Waals surface area contributed by atoms with Gasteiger partial charge in [-0.05, 0) is 12.1 Å². The molecule has 0 spiro atoms. The Morgan fingerprint density at radius 3 is 2.64 bits per heavy atom. The first-order valence-electron chi connectivity index (χ1n) is 4.01. The highest BCUT2D eigenvalue weighted by Crippen LogP contribution is 2.27. The van der Waals surface area contributed by atoms with Crippen LogP contribution < -0.4 is 5.73 Å². The van der Waals surface area contributed by atoms with Gasteiger partial charge < -0.3 is 21.1 Å². The SMILES string of the molecule is NCC(O)c1c(O)cccc1C(=O)O. The molecule has 1 aromatic rings. The van der Waals surface area contributed by atoms with E-state index in [1.165, 1.54) is 18.2 Å². The van der Waals surface area contributed by atoms with Gasteiger partial charge in [-0.1, -0.05) is 6.07 Å². The van der Waals surface area contributed by atoms with Crippen LogP contribution in [0.4, 0.5) is 0 Å². The van der Waals surface area contributed by atoms with Crippen molar-refractivity contribution in [2.45, 2.75) is 6.10 Å². The zero-order chi connectivity index (χ0) is 10.7. The third-order valence-electron chi connectivity index (χ3n) is 1.87. The molecule has 0 bridgehead atoms. The molecule has 5 N–H and O–H groups in total. The number of hydrogen-bond acceptors (Lipinski definition) is 4. The zero-order valence-electron chi connectivity index (χ0n) is 7.34. The molecule has 0 aromatic heterocycles. The molecule has 14 heavy (non-hydrogen) atoms. The summed E-state index contributed by atoms with van der Waals surface area (Å²) in [5.41, 5.74) is 5.01. The van der Waals surface area contributed by atoms with Crippen LogP contribution in [0.1, 0.15) is 22.0 Å². The maximum Gasteiger partial charge on any atom is 0.336 e. The second-order valence-electron chi connectivity index (χ2n) is 2.80. The lowest BCUT2D eigenvalue weighted by Gasteiger charge is -2.12. The number of aromatic hydroxyl groups is 1. The van der Waals surface area contributed by atoms with Crippen LogP contribution in [0.25, 0.3) is 0 Å². The van der Waals surface area contributed by atoms with E-state index in [0.29, 0.717) is 0 Å². The molecule has 5 nitrogen and oxygen atoms in total. The Bertz CT molecular complexity index is 351. The van der Waals surface area contributed by atoms with Crippen molar-refractivity contribution in [3.63, 3.8) is 0 Å². The maximum absolute atomic E-state index is 10.7. The zero-order valence-corrected chi connectivity index (χ0v) is 7.34. The number of phenols is 1. The molecular weight excluding hydrogens is 186 g/mol. The first-order chi connectivity index (χ1) is 6.57. The van der Waals surface area contributed by atoms with Crippen molar-refractivity contribution in [3.05, 3.63) is 29.3 Å². The first kappa shape index (κ1) is 10.5. The average molecular weight is 197 g/mol. The number of carboxylic acid groups (broad SMARTS) is 1. The molecule has 1 unspecified atom stereocenters. The second-order valence-corrected chi connectivity index (χ2v) is 2.80. The Morgan fingerprint density at radius 2 is 2.14 bits per heavy atom. The second kappa shape index (κ2) is 4.08. The van der Waals surface area contributed by atoms with Gasteiger partial charge in [0.2, 0.25) is 0 Å². The van der Waals surface area contributed by atoms with E-state index in [0.717, 1.165) is 0 Å². The van der Waals surface area contributed by atoms with Crippen LogP contribution in [0.5, 0.6) is 5.75 Å². The highest BCUT2D eigenvalue weighted by Gasteiger charge is 2.19. The molecule has 1 rings (SSSR count). The third kappa shape index (κ3) is 1.84. The number of phenolic OH excluding ortho intramolecular Hbond substituents is 1. The summed E-state index contributed by atoms with van der Waals surface area (Å²) in [6.45, 7) is -0.141. The lowest BCUT2D eigenvalue weighted by molar-refractivity contribution is 0.0688. The van der Waals surface area contributed by atoms with Gasteiger partial charge in [0.25, 0.3) is 0 Å². The van der Waals surface area contributed by atoms with Crippen molar-refractivity contribution in [3.8, 4) is 5.75 Å². The smallest absolute Gasteiger partial charge is 0.336 e. The van der Waals surface area contributed by atoms with Gasteiger partial charge in [0.05, 0.1) is 11.7 Å². The topological polar surface area (TPSA) is 104 Å². The summed E-state index contributed by atoms with van der Waals surface area (Å²) >= 11 is 0. The number of aliphatic hydroxyl groups excluding tert-OH is 1. The summed E-state index contributed by atoms with van der Waals surface area (Å²) in [6.07, 6.45) is -1.16. The van der Waals surface area contributed by atoms with E-state index in [-0.39, 0.29) is 23.4 Å². The first-order valence-corrected chi connectivity index (χ1v) is 4.01. The number of rotatable bonds is 3. The highest BCUT2D eigenvalue weighted by atomic mass is 16.4. The fourth-order valence-electron chi connectivity index (χ4n) is 1.21. The van der Waals surface area contributed by atoms with Crippen molar-refractivity contribution in [2.75, 3.05) is 6.54 Å². The molecule has 0 fully saturated rings. The van der Waals surface area contributed by atoms with Crippen molar-refractivity contribution in [2.24, 2.45) is 5.73 Å². The Kier molecular flexibility index (Phi) is 3.06. The fourth-order valence-corrected chi connectivity index (χ4v) is 1.21. The Balaban J connectivity index is 3.29. The van der Waals surface area contributed by atoms with Gasteiger partial charge in [-0.2, -0.15) is 0 Å². The van der Waals surface area contributed by atoms with E-state index in [1.54, 1.807) is 0 Å². The molecule has 0 radical (unpaired) electrons. The summed E-state index contributed by atoms with van der Waals surface area (Å²) < 4.78 is 0. The number of aliphatic hydroxyl groups is 1. The molecule has 5 heteroatoms. The summed E-state index contributed by atoms with van der Waals surface area (Å²) in [4.78, 5) is 10.7. The van der Waals surface area contributed by atoms with E-state index in [4.69, 9.17) is 10.8 Å². The van der Waals surface area contributed by atoms with Crippen molar-refractivity contribution in [1.29, 1.82) is 0 Å². The average Bonchev–Trinajstić information content (AvgIpc) is 2.16. The predicted octanol–water partition coefficient (Wildman–Crippen LogP) is 0.0825. The van der Waals surface area contributed by atoms with Gasteiger partial charge in [0, 0.05) is 12.1 Å². The maximum atomic E-state index is 10.7. The molecule has 0 amide bonds. The van der Waals surface area contributed by atoms with E-state index in [9.17, 15) is 15.0 Å². The minimum absolute atomic E-state index is 0.0394. The van der Waals surface area contributed by atoms with Crippen LogP contribution in [0, 0.1) is 0 Å². The summed E-state index contributed by atoms with van der Waals surface area (Å²) in [7, 11) is 0. The Labute approximate surface area is 80.4 Å². The van der Waals surface area contributed by atoms with E-state index in [2.05, 4.69) is 0 Å². The fraction of sp³-hybridized carbons (Fsp3) is 0.222. The molecule has 1 aromatic carbocycles. The molecule has 0 heterocycles. The number of carbonyl (C=O) groups is 1. The van der Waals surface area contributed by atoms with E-state index < -0.39 is 12.1 Å². The summed E-state index contributed by atoms with van der Waals surface area (Å²) in [5.74, 6) is -1.47. The number of nitrogens with two attached hydrogens (primary N) is 1. The molecule has 1 atom stereocenters. The van der Waals surface area contributed by atoms with E-state index in [1.807, 2.05) is 0 Å². The normalized spacial score (nSPS) is 12.4. The third-order valence-corrected chi connectivity index (χ3v) is 1.87. The number of aromatic carboxylic acids is 1. The molecule has 0 saturated heterocycles. The molecule has 0 aliphatic carbocycles. The molecule has 0 saturated carbocycles. The number of carboxylic acids is 1. The molecular formula is C9H11NO4. The molecule has 0 aliphatic rings. The van der Waals surface area contributed by atoms with Crippen LogP contribution >= 0.6 is 0 Å². The lowest BCUT2D eigenvalue weighted by atomic mass is 10.0. The minimum Gasteiger partial charge on any atom is -0.508 e. The van der Waals surface area contributed by atoms with Crippen molar-refractivity contribution < 1.29 is 20.1 Å². The van der Waals surface area contributed by atoms with Crippen LogP contribution in [0.2, 0.25) is 0 Å². The minimum atomic E-state index is -1.21. The molecule has 76 valence electrons. The van der Waals surface area contributed by atoms with Gasteiger partial charge in [-0.25, -0.2) is 4.79 Å². The van der Waals surface area contributed by atoms with Gasteiger partial charge in [0.15, 0.2) is 0 Å². The quantitative estimate of drug-likeness (QED) is 0.549. The van der Waals surface area contributed by atoms with E-state index >= 15 is 0 Å². The summed E-state index contributed by atoms with van der Waals surface area (Å²) in [5, 5.41) is 27.5. The van der Waals surface area contributed by atoms with Crippen molar-refractivity contribution in [1.82, 2.24) is 0 Å². The monoisotopic (exact) mass is 197 g/mol. The Morgan fingerprint density at radius 1 is 1.50 bits per heavy atom. The van der Waals surface area contributed by atoms with Crippen LogP contribution in [0.3, 0.4) is 0 Å². The lowest BCUT2D eigenvalue weighted by Crippen LogP contribution is -2.15. The highest BCUT2D eigenvalue weighted by molar-refractivity contribution is 5.90. The van der Waals surface area contributed by atoms with Crippen molar-refractivity contribution >= 4 is 5.97 Å². The number of hydrogen-bond donors (Lipinski definition) is 4. The molecule has 0 aliphatic heterocycles. The largest absolute Gasteiger partial charge is 0.508 e. The van der Waals surface area contributed by atoms with Gasteiger partial charge in [-0.15, -0.1) is 0 Å². The van der Waals surface area contributed by atoms with Crippen LogP contribution in [0.15, 0.2) is 18.2 Å². The van der Waals surface area contributed by atoms with Gasteiger partial charge in [-0.3, -0.25) is 0 Å². The number of benzene rings is 1. The van der Waals surface area contributed by atoms with Gasteiger partial charge in [0.1, 0.15) is 5.75 Å².